The topological polar surface area (TPSA) is 69.0 Å². The van der Waals surface area contributed by atoms with Gasteiger partial charge in [0.25, 0.3) is 5.91 Å². The standard InChI is InChI=1S/C16H24N4O/c1-5-8-18-15-11-13(10-14(19-15)12(2)3)16(21)20(4)9-6-7-17/h10-12H,5-6,8-9H2,1-4H3,(H,18,19). The molecule has 0 aliphatic rings. The fraction of sp³-hybridized carbons (Fsp3) is 0.562. The number of nitrogens with one attached hydrogen (secondary N) is 1. The zero-order valence-corrected chi connectivity index (χ0v) is 13.3. The summed E-state index contributed by atoms with van der Waals surface area (Å²) in [6, 6.07) is 5.68. The summed E-state index contributed by atoms with van der Waals surface area (Å²) in [4.78, 5) is 18.5. The first-order valence-corrected chi connectivity index (χ1v) is 7.37. The van der Waals surface area contributed by atoms with Gasteiger partial charge in [-0.1, -0.05) is 20.8 Å². The molecular weight excluding hydrogens is 264 g/mol. The summed E-state index contributed by atoms with van der Waals surface area (Å²) in [5, 5.41) is 11.9. The highest BCUT2D eigenvalue weighted by molar-refractivity contribution is 5.94. The molecule has 5 nitrogen and oxygen atoms in total. The van der Waals surface area contributed by atoms with E-state index < -0.39 is 0 Å². The highest BCUT2D eigenvalue weighted by Crippen LogP contribution is 2.18. The Hall–Kier alpha value is -2.09. The van der Waals surface area contributed by atoms with E-state index in [9.17, 15) is 4.79 Å². The highest BCUT2D eigenvalue weighted by atomic mass is 16.2. The lowest BCUT2D eigenvalue weighted by Gasteiger charge is -2.17. The smallest absolute Gasteiger partial charge is 0.253 e. The van der Waals surface area contributed by atoms with Gasteiger partial charge in [-0.15, -0.1) is 0 Å². The van der Waals surface area contributed by atoms with Gasteiger partial charge >= 0.3 is 0 Å². The van der Waals surface area contributed by atoms with Crippen LogP contribution in [0.3, 0.4) is 0 Å². The maximum atomic E-state index is 12.4. The monoisotopic (exact) mass is 288 g/mol. The molecule has 0 saturated heterocycles. The summed E-state index contributed by atoms with van der Waals surface area (Å²) >= 11 is 0. The van der Waals surface area contributed by atoms with Crippen molar-refractivity contribution in [3.05, 3.63) is 23.4 Å². The summed E-state index contributed by atoms with van der Waals surface area (Å²) in [6.45, 7) is 7.46. The molecular formula is C16H24N4O. The second-order valence-corrected chi connectivity index (χ2v) is 5.38. The van der Waals surface area contributed by atoms with Crippen molar-refractivity contribution in [2.24, 2.45) is 0 Å². The van der Waals surface area contributed by atoms with E-state index in [0.29, 0.717) is 18.5 Å². The molecule has 0 radical (unpaired) electrons. The van der Waals surface area contributed by atoms with Crippen LogP contribution in [0, 0.1) is 11.3 Å². The first-order chi connectivity index (χ1) is 9.99. The van der Waals surface area contributed by atoms with Gasteiger partial charge in [-0.2, -0.15) is 5.26 Å². The van der Waals surface area contributed by atoms with Crippen LogP contribution in [0.5, 0.6) is 0 Å². The van der Waals surface area contributed by atoms with Crippen LogP contribution in [0.1, 0.15) is 55.6 Å². The van der Waals surface area contributed by atoms with E-state index in [1.54, 1.807) is 18.0 Å². The molecule has 21 heavy (non-hydrogen) atoms. The van der Waals surface area contributed by atoms with E-state index in [1.165, 1.54) is 0 Å². The Morgan fingerprint density at radius 2 is 2.19 bits per heavy atom. The van der Waals surface area contributed by atoms with Gasteiger partial charge in [0.15, 0.2) is 0 Å². The molecule has 1 N–H and O–H groups in total. The Bertz CT molecular complexity index is 519. The number of aromatic nitrogens is 1. The molecule has 1 aromatic rings. The number of hydrogen-bond donors (Lipinski definition) is 1. The largest absolute Gasteiger partial charge is 0.370 e. The summed E-state index contributed by atoms with van der Waals surface area (Å²) in [7, 11) is 1.72. The molecule has 0 aliphatic heterocycles. The number of anilines is 1. The van der Waals surface area contributed by atoms with Crippen molar-refractivity contribution < 1.29 is 4.79 Å². The third-order valence-electron chi connectivity index (χ3n) is 3.15. The van der Waals surface area contributed by atoms with Crippen molar-refractivity contribution in [1.29, 1.82) is 5.26 Å². The maximum Gasteiger partial charge on any atom is 0.253 e. The van der Waals surface area contributed by atoms with Crippen LogP contribution in [0.25, 0.3) is 0 Å². The molecule has 0 fully saturated rings. The second-order valence-electron chi connectivity index (χ2n) is 5.38. The lowest BCUT2D eigenvalue weighted by Crippen LogP contribution is -2.28. The Morgan fingerprint density at radius 3 is 2.76 bits per heavy atom. The van der Waals surface area contributed by atoms with Gasteiger partial charge in [0.2, 0.25) is 0 Å². The van der Waals surface area contributed by atoms with Crippen molar-refractivity contribution >= 4 is 11.7 Å². The Morgan fingerprint density at radius 1 is 1.48 bits per heavy atom. The molecule has 0 saturated carbocycles. The minimum absolute atomic E-state index is 0.0749. The number of pyridine rings is 1. The van der Waals surface area contributed by atoms with Crippen LogP contribution in [0.2, 0.25) is 0 Å². The summed E-state index contributed by atoms with van der Waals surface area (Å²) in [5.74, 6) is 0.915. The van der Waals surface area contributed by atoms with Crippen LogP contribution in [0.4, 0.5) is 5.82 Å². The lowest BCUT2D eigenvalue weighted by molar-refractivity contribution is 0.0798. The summed E-state index contributed by atoms with van der Waals surface area (Å²) in [6.07, 6.45) is 1.34. The first kappa shape index (κ1) is 17.0. The van der Waals surface area contributed by atoms with Crippen LogP contribution in [-0.4, -0.2) is 35.9 Å². The molecule has 0 bridgehead atoms. The molecule has 5 heteroatoms. The summed E-state index contributed by atoms with van der Waals surface area (Å²) in [5.41, 5.74) is 1.51. The molecule has 1 aromatic heterocycles. The second kappa shape index (κ2) is 8.25. The highest BCUT2D eigenvalue weighted by Gasteiger charge is 2.15. The van der Waals surface area contributed by atoms with Gasteiger partial charge in [0.1, 0.15) is 5.82 Å². The van der Waals surface area contributed by atoms with Crippen molar-refractivity contribution in [3.8, 4) is 6.07 Å². The number of rotatable bonds is 7. The first-order valence-electron chi connectivity index (χ1n) is 7.37. The average Bonchev–Trinajstić information content (AvgIpc) is 2.49. The Balaban J connectivity index is 3.01. The fourth-order valence-corrected chi connectivity index (χ4v) is 1.85. The third kappa shape index (κ3) is 5.07. The van der Waals surface area contributed by atoms with E-state index in [-0.39, 0.29) is 11.8 Å². The minimum Gasteiger partial charge on any atom is -0.370 e. The normalized spacial score (nSPS) is 10.3. The molecule has 0 spiro atoms. The number of hydrogen-bond acceptors (Lipinski definition) is 4. The van der Waals surface area contributed by atoms with Crippen molar-refractivity contribution in [2.45, 2.75) is 39.5 Å². The van der Waals surface area contributed by atoms with Crippen LogP contribution < -0.4 is 5.32 Å². The lowest BCUT2D eigenvalue weighted by atomic mass is 10.1. The Kier molecular flexibility index (Phi) is 6.67. The van der Waals surface area contributed by atoms with Crippen LogP contribution in [0.15, 0.2) is 12.1 Å². The molecule has 114 valence electrons. The van der Waals surface area contributed by atoms with E-state index >= 15 is 0 Å². The molecule has 0 atom stereocenters. The van der Waals surface area contributed by atoms with Crippen molar-refractivity contribution in [1.82, 2.24) is 9.88 Å². The van der Waals surface area contributed by atoms with Gasteiger partial charge < -0.3 is 10.2 Å². The molecule has 1 rings (SSSR count). The predicted molar refractivity (Wildman–Crippen MR) is 84.3 cm³/mol. The van der Waals surface area contributed by atoms with E-state index in [2.05, 4.69) is 37.1 Å². The van der Waals surface area contributed by atoms with Gasteiger partial charge in [-0.3, -0.25) is 4.79 Å². The number of amides is 1. The van der Waals surface area contributed by atoms with Crippen molar-refractivity contribution in [3.63, 3.8) is 0 Å². The maximum absolute atomic E-state index is 12.4. The minimum atomic E-state index is -0.0749. The number of nitriles is 1. The molecule has 0 aromatic carbocycles. The third-order valence-corrected chi connectivity index (χ3v) is 3.15. The fourth-order valence-electron chi connectivity index (χ4n) is 1.85. The van der Waals surface area contributed by atoms with Gasteiger partial charge in [-0.05, 0) is 24.5 Å². The van der Waals surface area contributed by atoms with E-state index in [0.717, 1.165) is 24.5 Å². The molecule has 1 heterocycles. The summed E-state index contributed by atoms with van der Waals surface area (Å²) < 4.78 is 0. The number of carbonyl (C=O) groups excluding carboxylic acids is 1. The van der Waals surface area contributed by atoms with E-state index in [1.807, 2.05) is 6.07 Å². The van der Waals surface area contributed by atoms with Gasteiger partial charge in [0.05, 0.1) is 12.5 Å². The quantitative estimate of drug-likeness (QED) is 0.837. The van der Waals surface area contributed by atoms with Gasteiger partial charge in [-0.25, -0.2) is 4.98 Å². The van der Waals surface area contributed by atoms with Crippen molar-refractivity contribution in [2.75, 3.05) is 25.5 Å². The molecule has 1 amide bonds. The predicted octanol–water partition coefficient (Wildman–Crippen LogP) is 3.01. The zero-order chi connectivity index (χ0) is 15.8. The van der Waals surface area contributed by atoms with Gasteiger partial charge in [0, 0.05) is 31.4 Å². The Labute approximate surface area is 127 Å². The number of nitrogens with zero attached hydrogens (tertiary/aromatic N) is 3. The van der Waals surface area contributed by atoms with Crippen LogP contribution in [-0.2, 0) is 0 Å². The number of carbonyl (C=O) groups is 1. The zero-order valence-electron chi connectivity index (χ0n) is 13.3. The molecule has 0 unspecified atom stereocenters. The SMILES string of the molecule is CCCNc1cc(C(=O)N(C)CCC#N)cc(C(C)C)n1. The molecule has 0 aliphatic carbocycles. The average molecular weight is 288 g/mol. The van der Waals surface area contributed by atoms with Crippen LogP contribution >= 0.6 is 0 Å². The van der Waals surface area contributed by atoms with E-state index in [4.69, 9.17) is 5.26 Å².